The van der Waals surface area contributed by atoms with Crippen LogP contribution in [0.25, 0.3) is 0 Å². The van der Waals surface area contributed by atoms with E-state index in [1.165, 1.54) is 0 Å². The van der Waals surface area contributed by atoms with Gasteiger partial charge in [-0.15, -0.1) is 0 Å². The van der Waals surface area contributed by atoms with Gasteiger partial charge in [-0.2, -0.15) is 0 Å². The van der Waals surface area contributed by atoms with Crippen LogP contribution in [0, 0.1) is 0 Å². The van der Waals surface area contributed by atoms with E-state index in [-0.39, 0.29) is 0 Å². The molecule has 2 unspecified atom stereocenters. The van der Waals surface area contributed by atoms with Crippen molar-refractivity contribution in [1.82, 2.24) is 0 Å². The van der Waals surface area contributed by atoms with Gasteiger partial charge in [0.2, 0.25) is 0 Å². The topological polar surface area (TPSA) is 18.5 Å². The molecule has 0 saturated heterocycles. The Morgan fingerprint density at radius 2 is 1.05 bits per heavy atom. The first kappa shape index (κ1) is 38.3. The Morgan fingerprint density at radius 1 is 0.595 bits per heavy atom. The number of ether oxygens (including phenoxy) is 2. The molecule has 2 nitrogen and oxygen atoms in total. The molecule has 0 bridgehead atoms. The number of hydrogen-bond acceptors (Lipinski definition) is 2. The van der Waals surface area contributed by atoms with Crippen LogP contribution in [0.4, 0.5) is 0 Å². The minimum atomic E-state index is -1.69. The zero-order chi connectivity index (χ0) is 31.4. The third kappa shape index (κ3) is 6.79. The fourth-order valence-corrected chi connectivity index (χ4v) is 14.2. The summed E-state index contributed by atoms with van der Waals surface area (Å²) in [5.41, 5.74) is 0.823. The van der Waals surface area contributed by atoms with Crippen LogP contribution in [-0.2, 0) is 3.23 Å². The van der Waals surface area contributed by atoms with Gasteiger partial charge in [0.05, 0.1) is 13.8 Å². The van der Waals surface area contributed by atoms with E-state index in [9.17, 15) is 0 Å². The maximum absolute atomic E-state index is 7.25. The van der Waals surface area contributed by atoms with E-state index >= 15 is 0 Å². The van der Waals surface area contributed by atoms with Crippen LogP contribution in [0.3, 0.4) is 0 Å². The van der Waals surface area contributed by atoms with Crippen molar-refractivity contribution in [2.24, 2.45) is 0 Å². The van der Waals surface area contributed by atoms with Crippen LogP contribution in [0.5, 0.6) is 11.5 Å². The molecule has 0 aliphatic heterocycles. The smallest absolute Gasteiger partial charge is 0.302 e. The van der Waals surface area contributed by atoms with Crippen molar-refractivity contribution < 1.29 is 9.47 Å². The molecule has 3 aromatic carbocycles. The Balaban J connectivity index is 2.19. The molecule has 1 aliphatic carbocycles. The molecule has 0 aromatic heterocycles. The Bertz CT molecular complexity index is 1540. The van der Waals surface area contributed by atoms with Crippen LogP contribution in [0.1, 0.15) is 5.56 Å². The van der Waals surface area contributed by atoms with Crippen molar-refractivity contribution in [2.45, 2.75) is 18.2 Å². The Hall–Kier alpha value is 3.46. The maximum Gasteiger partial charge on any atom is 0.302 e. The lowest BCUT2D eigenvalue weighted by Gasteiger charge is -2.54. The first-order valence-corrected chi connectivity index (χ1v) is 22.3. The fourth-order valence-electron chi connectivity index (χ4n) is 3.92. The average Bonchev–Trinajstić information content (AvgIpc) is 2.98. The quantitative estimate of drug-likeness (QED) is 0.133. The summed E-state index contributed by atoms with van der Waals surface area (Å²) in [7, 11) is 0. The van der Waals surface area contributed by atoms with Crippen molar-refractivity contribution in [3.8, 4) is 11.5 Å². The zero-order valence-corrected chi connectivity index (χ0v) is 42.1. The second kappa shape index (κ2) is 15.1. The Labute approximate surface area is 360 Å². The fraction of sp³-hybridized carbons (Fsp3) is 0.154. The third-order valence-electron chi connectivity index (χ3n) is 6.02. The van der Waals surface area contributed by atoms with E-state index in [0.29, 0.717) is 24.9 Å². The van der Waals surface area contributed by atoms with E-state index in [2.05, 4.69) is 223 Å². The number of allylic oxidation sites excluding steroid dienone is 3. The maximum atomic E-state index is 7.25. The van der Waals surface area contributed by atoms with Crippen LogP contribution >= 0.6 is 223 Å². The molecule has 2 atom stereocenters. The Kier molecular flexibility index (Phi) is 13.8. The molecule has 0 heterocycles. The monoisotopic (exact) mass is 1460 g/mol. The van der Waals surface area contributed by atoms with Crippen molar-refractivity contribution in [3.63, 3.8) is 0 Å². The van der Waals surface area contributed by atoms with E-state index in [1.54, 1.807) is 0 Å². The molecule has 0 fully saturated rings. The van der Waals surface area contributed by atoms with E-state index in [1.807, 2.05) is 54.6 Å². The van der Waals surface area contributed by atoms with Gasteiger partial charge in [0.15, 0.2) is 7.56 Å². The van der Waals surface area contributed by atoms with Crippen LogP contribution in [0.15, 0.2) is 99.4 Å². The Morgan fingerprint density at radius 3 is 1.50 bits per heavy atom. The molecule has 3 aromatic rings. The standard InChI is InChI=1S/C26H10Br14O2/c27-11-6-8-13(17(31)15(11)29)41-26(25(39,40)10-4-2-1-3-5-10,42-14-9-7-12(28)16(30)18(14)32)24(38)22(36)20(34)19(33)21(35)23(24)37/h1-9,22H. The van der Waals surface area contributed by atoms with Crippen molar-refractivity contribution in [2.75, 3.05) is 0 Å². The molecule has 42 heavy (non-hydrogen) atoms. The summed E-state index contributed by atoms with van der Waals surface area (Å²) >= 11 is 53.5. The highest BCUT2D eigenvalue weighted by atomic mass is 79.9. The molecule has 4 rings (SSSR count). The number of halogens is 14. The van der Waals surface area contributed by atoms with Crippen molar-refractivity contribution >= 4 is 223 Å². The molecule has 0 N–H and O–H groups in total. The molecular formula is C26H10Br14O2. The summed E-state index contributed by atoms with van der Waals surface area (Å²) in [5, 5.41) is 0. The second-order valence-electron chi connectivity index (χ2n) is 8.47. The van der Waals surface area contributed by atoms with Crippen LogP contribution in [0.2, 0.25) is 0 Å². The van der Waals surface area contributed by atoms with Gasteiger partial charge in [0.25, 0.3) is 0 Å². The van der Waals surface area contributed by atoms with E-state index in [4.69, 9.17) is 9.47 Å². The minimum absolute atomic E-state index is 0.455. The summed E-state index contributed by atoms with van der Waals surface area (Å²) in [6, 6.07) is 17.4. The highest BCUT2D eigenvalue weighted by molar-refractivity contribution is 9.25. The molecule has 0 saturated carbocycles. The highest BCUT2D eigenvalue weighted by Gasteiger charge is 2.72. The lowest BCUT2D eigenvalue weighted by molar-refractivity contribution is -0.137. The van der Waals surface area contributed by atoms with Gasteiger partial charge in [-0.1, -0.05) is 126 Å². The summed E-state index contributed by atoms with van der Waals surface area (Å²) < 4.78 is 19.8. The molecule has 0 amide bonds. The predicted molar refractivity (Wildman–Crippen MR) is 223 cm³/mol. The van der Waals surface area contributed by atoms with Gasteiger partial charge < -0.3 is 9.47 Å². The summed E-state index contributed by atoms with van der Waals surface area (Å²) in [6.07, 6.45) is 0. The van der Waals surface area contributed by atoms with Gasteiger partial charge in [-0.3, -0.25) is 0 Å². The van der Waals surface area contributed by atoms with Crippen LogP contribution < -0.4 is 9.47 Å². The lowest BCUT2D eigenvalue weighted by Crippen LogP contribution is -2.70. The first-order chi connectivity index (χ1) is 19.5. The molecule has 0 spiro atoms. The van der Waals surface area contributed by atoms with Crippen molar-refractivity contribution in [3.05, 3.63) is 105 Å². The normalized spacial score (nSPS) is 19.8. The predicted octanol–water partition coefficient (Wildman–Crippen LogP) is 16.0. The summed E-state index contributed by atoms with van der Waals surface area (Å²) in [6.45, 7) is 0. The second-order valence-corrected chi connectivity index (χ2v) is 22.2. The highest BCUT2D eigenvalue weighted by Crippen LogP contribution is 2.66. The third-order valence-corrected chi connectivity index (χ3v) is 24.0. The number of alkyl halides is 4. The molecule has 224 valence electrons. The van der Waals surface area contributed by atoms with E-state index in [0.717, 1.165) is 36.9 Å². The van der Waals surface area contributed by atoms with E-state index < -0.39 is 18.2 Å². The lowest BCUT2D eigenvalue weighted by atomic mass is 9.85. The van der Waals surface area contributed by atoms with Gasteiger partial charge in [-0.05, 0) is 157 Å². The van der Waals surface area contributed by atoms with Gasteiger partial charge in [-0.25, -0.2) is 0 Å². The minimum Gasteiger partial charge on any atom is -0.447 e. The summed E-state index contributed by atoms with van der Waals surface area (Å²) in [4.78, 5) is -0.455. The number of rotatable bonds is 7. The van der Waals surface area contributed by atoms with Gasteiger partial charge in [0, 0.05) is 35.8 Å². The zero-order valence-electron chi connectivity index (χ0n) is 19.9. The molecular weight excluding hydrogens is 1460 g/mol. The molecule has 16 heteroatoms. The number of hydrogen-bond donors (Lipinski definition) is 0. The van der Waals surface area contributed by atoms with Gasteiger partial charge in [0.1, 0.15) is 11.5 Å². The summed E-state index contributed by atoms with van der Waals surface area (Å²) in [5.74, 6) is -0.696. The molecule has 1 aliphatic rings. The number of benzene rings is 3. The van der Waals surface area contributed by atoms with Gasteiger partial charge >= 0.3 is 5.79 Å². The first-order valence-electron chi connectivity index (χ1n) is 11.1. The van der Waals surface area contributed by atoms with Crippen molar-refractivity contribution in [1.29, 1.82) is 0 Å². The average molecular weight is 1470 g/mol. The molecule has 0 radical (unpaired) electrons. The largest absolute Gasteiger partial charge is 0.447 e. The SMILES string of the molecule is BrC1=C(Br)C(Br)C(Br)(C(Oc2ccc(Br)c(Br)c2Br)(Oc2ccc(Br)c(Br)c2Br)C(Br)(Br)c2ccccc2)C(Br)=C1Br. The van der Waals surface area contributed by atoms with Crippen LogP contribution in [-0.4, -0.2) is 14.9 Å².